The molecule has 2 aromatic rings. The van der Waals surface area contributed by atoms with Gasteiger partial charge in [-0.05, 0) is 19.4 Å². The lowest BCUT2D eigenvalue weighted by molar-refractivity contribution is 0.143. The van der Waals surface area contributed by atoms with Gasteiger partial charge in [0, 0.05) is 43.7 Å². The van der Waals surface area contributed by atoms with Gasteiger partial charge in [0.05, 0.1) is 12.3 Å². The molecule has 2 heterocycles. The fourth-order valence-corrected chi connectivity index (χ4v) is 2.00. The first-order valence-electron chi connectivity index (χ1n) is 6.98. The average Bonchev–Trinajstić information content (AvgIpc) is 2.81. The van der Waals surface area contributed by atoms with Crippen molar-refractivity contribution >= 4 is 0 Å². The minimum atomic E-state index is 0.514. The molecule has 2 rings (SSSR count). The van der Waals surface area contributed by atoms with Gasteiger partial charge in [0.25, 0.3) is 0 Å². The Balaban J connectivity index is 1.78. The van der Waals surface area contributed by atoms with Crippen LogP contribution in [0, 0.1) is 13.8 Å². The molecule has 0 saturated heterocycles. The quantitative estimate of drug-likeness (QED) is 0.725. The summed E-state index contributed by atoms with van der Waals surface area (Å²) in [5, 5.41) is 10.6. The summed E-state index contributed by atoms with van der Waals surface area (Å²) in [6.45, 7) is 6.67. The Labute approximate surface area is 124 Å². The summed E-state index contributed by atoms with van der Waals surface area (Å²) in [4.78, 5) is 4.26. The Bertz CT molecular complexity index is 532. The third-order valence-electron chi connectivity index (χ3n) is 3.25. The van der Waals surface area contributed by atoms with Crippen molar-refractivity contribution in [3.63, 3.8) is 0 Å². The zero-order valence-electron chi connectivity index (χ0n) is 12.8. The van der Waals surface area contributed by atoms with Gasteiger partial charge in [-0.3, -0.25) is 5.10 Å². The SMILES string of the molecule is COCCOc1ccc(CNCc2c(C)n[nH]c2C)cn1. The van der Waals surface area contributed by atoms with E-state index < -0.39 is 0 Å². The number of hydrogen-bond acceptors (Lipinski definition) is 5. The van der Waals surface area contributed by atoms with Crippen LogP contribution in [0.4, 0.5) is 0 Å². The van der Waals surface area contributed by atoms with Gasteiger partial charge in [0.1, 0.15) is 6.61 Å². The average molecular weight is 290 g/mol. The fraction of sp³-hybridized carbons (Fsp3) is 0.467. The van der Waals surface area contributed by atoms with E-state index in [2.05, 4.69) is 20.5 Å². The maximum atomic E-state index is 5.43. The zero-order chi connectivity index (χ0) is 15.1. The maximum absolute atomic E-state index is 5.43. The first-order valence-corrected chi connectivity index (χ1v) is 6.98. The number of rotatable bonds is 8. The molecule has 0 bridgehead atoms. The predicted molar refractivity (Wildman–Crippen MR) is 80.2 cm³/mol. The second-order valence-corrected chi connectivity index (χ2v) is 4.86. The van der Waals surface area contributed by atoms with Gasteiger partial charge in [-0.2, -0.15) is 5.10 Å². The highest BCUT2D eigenvalue weighted by Gasteiger charge is 2.05. The molecule has 21 heavy (non-hydrogen) atoms. The minimum absolute atomic E-state index is 0.514. The fourth-order valence-electron chi connectivity index (χ4n) is 2.00. The number of H-pyrrole nitrogens is 1. The van der Waals surface area contributed by atoms with Crippen LogP contribution in [0.3, 0.4) is 0 Å². The summed E-state index contributed by atoms with van der Waals surface area (Å²) >= 11 is 0. The van der Waals surface area contributed by atoms with Gasteiger partial charge >= 0.3 is 0 Å². The number of pyridine rings is 1. The van der Waals surface area contributed by atoms with E-state index >= 15 is 0 Å². The smallest absolute Gasteiger partial charge is 0.213 e. The summed E-state index contributed by atoms with van der Waals surface area (Å²) in [5.41, 5.74) is 4.50. The molecule has 0 radical (unpaired) electrons. The molecule has 0 aromatic carbocycles. The largest absolute Gasteiger partial charge is 0.475 e. The van der Waals surface area contributed by atoms with Crippen LogP contribution in [0.5, 0.6) is 5.88 Å². The second kappa shape index (κ2) is 7.75. The molecule has 0 saturated carbocycles. The summed E-state index contributed by atoms with van der Waals surface area (Å²) in [6.07, 6.45) is 1.82. The van der Waals surface area contributed by atoms with Crippen molar-refractivity contribution in [1.82, 2.24) is 20.5 Å². The van der Waals surface area contributed by atoms with Crippen LogP contribution >= 0.6 is 0 Å². The normalized spacial score (nSPS) is 10.8. The van der Waals surface area contributed by atoms with E-state index in [0.717, 1.165) is 30.0 Å². The minimum Gasteiger partial charge on any atom is -0.475 e. The molecule has 0 atom stereocenters. The molecule has 6 heteroatoms. The molecule has 0 amide bonds. The number of ether oxygens (including phenoxy) is 2. The number of aryl methyl sites for hydroxylation is 2. The van der Waals surface area contributed by atoms with E-state index in [1.165, 1.54) is 5.56 Å². The number of aromatic nitrogens is 3. The molecule has 0 spiro atoms. The lowest BCUT2D eigenvalue weighted by Crippen LogP contribution is -2.14. The van der Waals surface area contributed by atoms with E-state index in [0.29, 0.717) is 19.1 Å². The lowest BCUT2D eigenvalue weighted by Gasteiger charge is -2.07. The van der Waals surface area contributed by atoms with E-state index in [1.807, 2.05) is 32.2 Å². The molecule has 6 nitrogen and oxygen atoms in total. The third-order valence-corrected chi connectivity index (χ3v) is 3.25. The Kier molecular flexibility index (Phi) is 5.71. The van der Waals surface area contributed by atoms with Crippen LogP contribution in [-0.2, 0) is 17.8 Å². The lowest BCUT2D eigenvalue weighted by atomic mass is 10.2. The van der Waals surface area contributed by atoms with Crippen LogP contribution in [0.25, 0.3) is 0 Å². The first-order chi connectivity index (χ1) is 10.2. The molecule has 2 N–H and O–H groups in total. The van der Waals surface area contributed by atoms with Crippen LogP contribution < -0.4 is 10.1 Å². The van der Waals surface area contributed by atoms with Crippen molar-refractivity contribution < 1.29 is 9.47 Å². The van der Waals surface area contributed by atoms with Gasteiger partial charge in [-0.15, -0.1) is 0 Å². The van der Waals surface area contributed by atoms with Gasteiger partial charge < -0.3 is 14.8 Å². The summed E-state index contributed by atoms with van der Waals surface area (Å²) in [6, 6.07) is 3.89. The van der Waals surface area contributed by atoms with Crippen molar-refractivity contribution in [1.29, 1.82) is 0 Å². The van der Waals surface area contributed by atoms with Crippen molar-refractivity contribution in [3.8, 4) is 5.88 Å². The van der Waals surface area contributed by atoms with Crippen molar-refractivity contribution in [2.45, 2.75) is 26.9 Å². The predicted octanol–water partition coefficient (Wildman–Crippen LogP) is 1.74. The molecule has 114 valence electrons. The molecule has 0 aliphatic rings. The Morgan fingerprint density at radius 1 is 1.19 bits per heavy atom. The standard InChI is InChI=1S/C15H22N4O2/c1-11-14(12(2)19-18-11)10-16-8-13-4-5-15(17-9-13)21-7-6-20-3/h4-5,9,16H,6-8,10H2,1-3H3,(H,18,19). The molecule has 2 aromatic heterocycles. The van der Waals surface area contributed by atoms with E-state index in [1.54, 1.807) is 7.11 Å². The van der Waals surface area contributed by atoms with Gasteiger partial charge in [-0.25, -0.2) is 4.98 Å². The number of nitrogens with one attached hydrogen (secondary N) is 2. The molecule has 0 aliphatic carbocycles. The Morgan fingerprint density at radius 2 is 2.05 bits per heavy atom. The van der Waals surface area contributed by atoms with E-state index in [4.69, 9.17) is 9.47 Å². The van der Waals surface area contributed by atoms with Crippen molar-refractivity contribution in [2.24, 2.45) is 0 Å². The highest BCUT2D eigenvalue weighted by molar-refractivity contribution is 5.23. The van der Waals surface area contributed by atoms with E-state index in [-0.39, 0.29) is 0 Å². The van der Waals surface area contributed by atoms with E-state index in [9.17, 15) is 0 Å². The first kappa shape index (κ1) is 15.5. The maximum Gasteiger partial charge on any atom is 0.213 e. The van der Waals surface area contributed by atoms with Crippen LogP contribution in [0.2, 0.25) is 0 Å². The van der Waals surface area contributed by atoms with Gasteiger partial charge in [0.2, 0.25) is 5.88 Å². The molecule has 0 aliphatic heterocycles. The number of hydrogen-bond donors (Lipinski definition) is 2. The number of nitrogens with zero attached hydrogens (tertiary/aromatic N) is 2. The highest BCUT2D eigenvalue weighted by Crippen LogP contribution is 2.10. The Hall–Kier alpha value is -1.92. The summed E-state index contributed by atoms with van der Waals surface area (Å²) in [5.74, 6) is 0.623. The second-order valence-electron chi connectivity index (χ2n) is 4.86. The topological polar surface area (TPSA) is 72.1 Å². The zero-order valence-corrected chi connectivity index (χ0v) is 12.8. The molecular weight excluding hydrogens is 268 g/mol. The molecule has 0 unspecified atom stereocenters. The monoisotopic (exact) mass is 290 g/mol. The Morgan fingerprint density at radius 3 is 2.67 bits per heavy atom. The molecular formula is C15H22N4O2. The highest BCUT2D eigenvalue weighted by atomic mass is 16.5. The van der Waals surface area contributed by atoms with Gasteiger partial charge in [-0.1, -0.05) is 6.07 Å². The number of methoxy groups -OCH3 is 1. The summed E-state index contributed by atoms with van der Waals surface area (Å²) < 4.78 is 10.4. The van der Waals surface area contributed by atoms with Crippen molar-refractivity contribution in [2.75, 3.05) is 20.3 Å². The summed E-state index contributed by atoms with van der Waals surface area (Å²) in [7, 11) is 1.65. The molecule has 0 fully saturated rings. The van der Waals surface area contributed by atoms with Crippen LogP contribution in [0.15, 0.2) is 18.3 Å². The van der Waals surface area contributed by atoms with Gasteiger partial charge in [0.15, 0.2) is 0 Å². The van der Waals surface area contributed by atoms with Crippen molar-refractivity contribution in [3.05, 3.63) is 40.8 Å². The van der Waals surface area contributed by atoms with Crippen LogP contribution in [-0.4, -0.2) is 35.5 Å². The van der Waals surface area contributed by atoms with Crippen LogP contribution in [0.1, 0.15) is 22.5 Å². The third kappa shape index (κ3) is 4.54. The number of aromatic amines is 1.